The van der Waals surface area contributed by atoms with Crippen LogP contribution in [0.4, 0.5) is 8.78 Å². The summed E-state index contributed by atoms with van der Waals surface area (Å²) in [7, 11) is 0. The molecule has 0 aliphatic carbocycles. The van der Waals surface area contributed by atoms with E-state index in [1.165, 1.54) is 0 Å². The van der Waals surface area contributed by atoms with Gasteiger partial charge in [0.15, 0.2) is 0 Å². The molecule has 0 aliphatic rings. The first-order valence-corrected chi connectivity index (χ1v) is 4.57. The second-order valence-electron chi connectivity index (χ2n) is 3.72. The molecule has 0 fully saturated rings. The fourth-order valence-electron chi connectivity index (χ4n) is 1.16. The van der Waals surface area contributed by atoms with Crippen molar-refractivity contribution in [3.8, 4) is 0 Å². The molecule has 0 radical (unpaired) electrons. The van der Waals surface area contributed by atoms with Crippen LogP contribution in [0.15, 0.2) is 12.3 Å². The van der Waals surface area contributed by atoms with E-state index in [9.17, 15) is 8.78 Å². The lowest BCUT2D eigenvalue weighted by Crippen LogP contribution is -2.20. The number of alkyl halides is 2. The summed E-state index contributed by atoms with van der Waals surface area (Å²) in [4.78, 5) is 0. The normalized spacial score (nSPS) is 13.9. The number of hydrogen-bond donors (Lipinski definition) is 1. The number of rotatable bonds is 4. The zero-order valence-electron chi connectivity index (χ0n) is 8.32. The van der Waals surface area contributed by atoms with Gasteiger partial charge in [0.25, 0.3) is 6.43 Å². The summed E-state index contributed by atoms with van der Waals surface area (Å²) in [6.45, 7) is 4.79. The number of halogens is 2. The van der Waals surface area contributed by atoms with Gasteiger partial charge in [-0.05, 0) is 12.0 Å². The second-order valence-corrected chi connectivity index (χ2v) is 3.72. The molecule has 1 aromatic heterocycles. The Morgan fingerprint density at radius 2 is 2.14 bits per heavy atom. The molecular formula is C9H15F2N3. The molecule has 5 heteroatoms. The highest BCUT2D eigenvalue weighted by atomic mass is 19.3. The summed E-state index contributed by atoms with van der Waals surface area (Å²) in [6, 6.07) is 0.266. The summed E-state index contributed by atoms with van der Waals surface area (Å²) in [5.74, 6) is 0.436. The van der Waals surface area contributed by atoms with Crippen molar-refractivity contribution in [2.75, 3.05) is 0 Å². The van der Waals surface area contributed by atoms with Crippen molar-refractivity contribution in [2.45, 2.75) is 32.9 Å². The highest BCUT2D eigenvalue weighted by Gasteiger charge is 2.19. The average Bonchev–Trinajstić information content (AvgIpc) is 2.50. The number of nitrogens with zero attached hydrogens (tertiary/aromatic N) is 2. The third kappa shape index (κ3) is 2.77. The highest BCUT2D eigenvalue weighted by molar-refractivity contribution is 5.05. The van der Waals surface area contributed by atoms with Crippen molar-refractivity contribution < 1.29 is 8.78 Å². The third-order valence-corrected chi connectivity index (χ3v) is 1.83. The van der Waals surface area contributed by atoms with Crippen LogP contribution in [0.1, 0.15) is 25.6 Å². The van der Waals surface area contributed by atoms with Crippen LogP contribution in [0.25, 0.3) is 0 Å². The summed E-state index contributed by atoms with van der Waals surface area (Å²) < 4.78 is 26.1. The Hall–Kier alpha value is -0.970. The first kappa shape index (κ1) is 11.1. The fraction of sp³-hybridized carbons (Fsp3) is 0.667. The van der Waals surface area contributed by atoms with Gasteiger partial charge in [0, 0.05) is 12.7 Å². The molecule has 14 heavy (non-hydrogen) atoms. The smallest absolute Gasteiger partial charge is 0.259 e. The van der Waals surface area contributed by atoms with Crippen LogP contribution in [-0.4, -0.2) is 16.2 Å². The van der Waals surface area contributed by atoms with Gasteiger partial charge in [-0.1, -0.05) is 13.8 Å². The van der Waals surface area contributed by atoms with Crippen LogP contribution in [0.2, 0.25) is 0 Å². The molecule has 3 nitrogen and oxygen atoms in total. The molecule has 0 bridgehead atoms. The zero-order valence-corrected chi connectivity index (χ0v) is 8.32. The molecule has 1 heterocycles. The fourth-order valence-corrected chi connectivity index (χ4v) is 1.16. The van der Waals surface area contributed by atoms with Crippen LogP contribution in [0.5, 0.6) is 0 Å². The first-order chi connectivity index (χ1) is 6.50. The summed E-state index contributed by atoms with van der Waals surface area (Å²) in [5, 5.41) is 3.98. The van der Waals surface area contributed by atoms with E-state index < -0.39 is 12.5 Å². The van der Waals surface area contributed by atoms with Crippen molar-refractivity contribution in [2.24, 2.45) is 11.7 Å². The Labute approximate surface area is 81.9 Å². The Morgan fingerprint density at radius 1 is 1.50 bits per heavy atom. The van der Waals surface area contributed by atoms with Crippen molar-refractivity contribution in [3.63, 3.8) is 0 Å². The summed E-state index contributed by atoms with van der Waals surface area (Å²) in [5.41, 5.74) is 5.51. The van der Waals surface area contributed by atoms with Gasteiger partial charge < -0.3 is 5.73 Å². The Bertz CT molecular complexity index is 283. The van der Waals surface area contributed by atoms with E-state index >= 15 is 0 Å². The van der Waals surface area contributed by atoms with Crippen molar-refractivity contribution in [1.29, 1.82) is 0 Å². The molecule has 1 aromatic rings. The van der Waals surface area contributed by atoms with Gasteiger partial charge in [0.1, 0.15) is 6.04 Å². The second kappa shape index (κ2) is 4.50. The quantitative estimate of drug-likeness (QED) is 0.811. The Balaban J connectivity index is 2.67. The van der Waals surface area contributed by atoms with Crippen LogP contribution in [0, 0.1) is 5.92 Å². The lowest BCUT2D eigenvalue weighted by atomic mass is 10.2. The van der Waals surface area contributed by atoms with E-state index in [-0.39, 0.29) is 5.69 Å². The van der Waals surface area contributed by atoms with E-state index in [0.29, 0.717) is 5.92 Å². The maximum absolute atomic E-state index is 12.2. The minimum atomic E-state index is -2.56. The first-order valence-electron chi connectivity index (χ1n) is 4.57. The van der Waals surface area contributed by atoms with E-state index in [1.54, 1.807) is 16.9 Å². The third-order valence-electron chi connectivity index (χ3n) is 1.83. The molecule has 0 spiro atoms. The summed E-state index contributed by atoms with van der Waals surface area (Å²) >= 11 is 0. The van der Waals surface area contributed by atoms with Crippen molar-refractivity contribution in [1.82, 2.24) is 9.78 Å². The van der Waals surface area contributed by atoms with Crippen molar-refractivity contribution >= 4 is 0 Å². The van der Waals surface area contributed by atoms with Crippen LogP contribution < -0.4 is 5.73 Å². The largest absolute Gasteiger partial charge is 0.318 e. The standard InChI is InChI=1S/C9H15F2N3/c1-6(2)5-14-4-3-7(13-14)8(12)9(10)11/h3-4,6,8-9H,5,12H2,1-2H3. The van der Waals surface area contributed by atoms with E-state index in [1.807, 2.05) is 13.8 Å². The Kier molecular flexibility index (Phi) is 3.57. The molecule has 0 saturated heterocycles. The van der Waals surface area contributed by atoms with Crippen LogP contribution in [-0.2, 0) is 6.54 Å². The van der Waals surface area contributed by atoms with E-state index in [0.717, 1.165) is 6.54 Å². The van der Waals surface area contributed by atoms with Gasteiger partial charge in [-0.15, -0.1) is 0 Å². The molecule has 0 aromatic carbocycles. The van der Waals surface area contributed by atoms with Crippen LogP contribution in [0.3, 0.4) is 0 Å². The monoisotopic (exact) mass is 203 g/mol. The molecule has 1 rings (SSSR count). The number of aromatic nitrogens is 2. The summed E-state index contributed by atoms with van der Waals surface area (Å²) in [6.07, 6.45) is -0.880. The number of nitrogens with two attached hydrogens (primary N) is 1. The Morgan fingerprint density at radius 3 is 2.64 bits per heavy atom. The van der Waals surface area contributed by atoms with E-state index in [2.05, 4.69) is 5.10 Å². The topological polar surface area (TPSA) is 43.8 Å². The molecule has 0 saturated carbocycles. The van der Waals surface area contributed by atoms with Gasteiger partial charge in [0.2, 0.25) is 0 Å². The molecule has 80 valence electrons. The highest BCUT2D eigenvalue weighted by Crippen LogP contribution is 2.15. The molecule has 1 unspecified atom stereocenters. The molecule has 0 amide bonds. The molecule has 0 aliphatic heterocycles. The predicted molar refractivity (Wildman–Crippen MR) is 50.0 cm³/mol. The maximum Gasteiger partial charge on any atom is 0.259 e. The SMILES string of the molecule is CC(C)Cn1ccc(C(N)C(F)F)n1. The van der Waals surface area contributed by atoms with Gasteiger partial charge in [-0.25, -0.2) is 8.78 Å². The van der Waals surface area contributed by atoms with Gasteiger partial charge in [0.05, 0.1) is 5.69 Å². The molecular weight excluding hydrogens is 188 g/mol. The molecule has 2 N–H and O–H groups in total. The van der Waals surface area contributed by atoms with E-state index in [4.69, 9.17) is 5.73 Å². The minimum absolute atomic E-state index is 0.251. The van der Waals surface area contributed by atoms with Gasteiger partial charge in [-0.2, -0.15) is 5.10 Å². The van der Waals surface area contributed by atoms with Gasteiger partial charge >= 0.3 is 0 Å². The average molecular weight is 203 g/mol. The lowest BCUT2D eigenvalue weighted by molar-refractivity contribution is 0.114. The minimum Gasteiger partial charge on any atom is -0.318 e. The zero-order chi connectivity index (χ0) is 10.7. The van der Waals surface area contributed by atoms with Crippen molar-refractivity contribution in [3.05, 3.63) is 18.0 Å². The molecule has 1 atom stereocenters. The predicted octanol–water partition coefficient (Wildman–Crippen LogP) is 1.80. The number of hydrogen-bond acceptors (Lipinski definition) is 2. The van der Waals surface area contributed by atoms with Crippen LogP contribution >= 0.6 is 0 Å². The van der Waals surface area contributed by atoms with Gasteiger partial charge in [-0.3, -0.25) is 4.68 Å². The lowest BCUT2D eigenvalue weighted by Gasteiger charge is -2.07. The maximum atomic E-state index is 12.2.